The number of aliphatic hydroxyl groups is 1. The van der Waals surface area contributed by atoms with Gasteiger partial charge in [-0.1, -0.05) is 13.8 Å². The van der Waals surface area contributed by atoms with Gasteiger partial charge >= 0.3 is 5.97 Å². The van der Waals surface area contributed by atoms with Crippen molar-refractivity contribution in [3.05, 3.63) is 27.9 Å². The Morgan fingerprint density at radius 2 is 2.08 bits per heavy atom. The Hall–Kier alpha value is -1.57. The molecule has 1 aromatic carbocycles. The van der Waals surface area contributed by atoms with Crippen LogP contribution in [0.5, 0.6) is 5.75 Å². The monoisotopic (exact) mass is 426 g/mol. The third-order valence-electron chi connectivity index (χ3n) is 4.23. The topological polar surface area (TPSA) is 72.7 Å². The van der Waals surface area contributed by atoms with Gasteiger partial charge in [-0.05, 0) is 41.9 Å². The molecule has 0 radical (unpaired) electrons. The molecule has 0 unspecified atom stereocenters. The van der Waals surface area contributed by atoms with Gasteiger partial charge in [0.2, 0.25) is 0 Å². The van der Waals surface area contributed by atoms with Crippen LogP contribution in [0.4, 0.5) is 0 Å². The Bertz CT molecular complexity index is 786. The molecule has 0 amide bonds. The van der Waals surface area contributed by atoms with Crippen molar-refractivity contribution < 1.29 is 19.4 Å². The van der Waals surface area contributed by atoms with Crippen LogP contribution in [0.2, 0.25) is 0 Å². The van der Waals surface area contributed by atoms with E-state index >= 15 is 0 Å². The summed E-state index contributed by atoms with van der Waals surface area (Å²) in [6.07, 6.45) is -0.581. The molecule has 0 saturated carbocycles. The van der Waals surface area contributed by atoms with Crippen molar-refractivity contribution in [3.63, 3.8) is 0 Å². The first-order chi connectivity index (χ1) is 12.3. The SMILES string of the molecule is CCOC(=O)c1c(C)n(C[C@@H](O)CNC(C)C)c2cc(Br)c(OC)cc12. The van der Waals surface area contributed by atoms with Gasteiger partial charge in [0.25, 0.3) is 0 Å². The van der Waals surface area contributed by atoms with Crippen LogP contribution in [0.15, 0.2) is 16.6 Å². The molecule has 0 spiro atoms. The molecule has 0 aliphatic carbocycles. The lowest BCUT2D eigenvalue weighted by Gasteiger charge is -2.17. The average molecular weight is 427 g/mol. The summed E-state index contributed by atoms with van der Waals surface area (Å²) in [6.45, 7) is 8.87. The van der Waals surface area contributed by atoms with E-state index in [4.69, 9.17) is 9.47 Å². The zero-order chi connectivity index (χ0) is 19.4. The molecule has 0 saturated heterocycles. The van der Waals surface area contributed by atoms with Gasteiger partial charge in [-0.2, -0.15) is 0 Å². The van der Waals surface area contributed by atoms with Gasteiger partial charge in [-0.3, -0.25) is 0 Å². The third-order valence-corrected chi connectivity index (χ3v) is 4.85. The lowest BCUT2D eigenvalue weighted by Crippen LogP contribution is -2.34. The molecule has 0 aliphatic rings. The number of fused-ring (bicyclic) bond motifs is 1. The maximum Gasteiger partial charge on any atom is 0.340 e. The molecule has 1 atom stereocenters. The molecule has 144 valence electrons. The summed E-state index contributed by atoms with van der Waals surface area (Å²) in [6, 6.07) is 4.03. The summed E-state index contributed by atoms with van der Waals surface area (Å²) in [5.74, 6) is 0.273. The third kappa shape index (κ3) is 4.39. The molecular formula is C19H27BrN2O4. The van der Waals surface area contributed by atoms with Gasteiger partial charge in [0.15, 0.2) is 0 Å². The first kappa shape index (κ1) is 20.7. The summed E-state index contributed by atoms with van der Waals surface area (Å²) in [5, 5.41) is 14.4. The Morgan fingerprint density at radius 1 is 1.38 bits per heavy atom. The number of halogens is 1. The largest absolute Gasteiger partial charge is 0.496 e. The predicted molar refractivity (Wildman–Crippen MR) is 106 cm³/mol. The Morgan fingerprint density at radius 3 is 2.65 bits per heavy atom. The van der Waals surface area contributed by atoms with Gasteiger partial charge < -0.3 is 24.5 Å². The van der Waals surface area contributed by atoms with E-state index in [-0.39, 0.29) is 5.97 Å². The molecular weight excluding hydrogens is 400 g/mol. The van der Waals surface area contributed by atoms with E-state index < -0.39 is 6.10 Å². The summed E-state index contributed by atoms with van der Waals surface area (Å²) >= 11 is 3.50. The van der Waals surface area contributed by atoms with E-state index in [0.717, 1.165) is 21.1 Å². The number of hydrogen-bond acceptors (Lipinski definition) is 5. The number of aliphatic hydroxyl groups excluding tert-OH is 1. The van der Waals surface area contributed by atoms with Crippen LogP contribution in [0.1, 0.15) is 36.8 Å². The number of benzene rings is 1. The number of rotatable bonds is 8. The van der Waals surface area contributed by atoms with Crippen molar-refractivity contribution in [2.24, 2.45) is 0 Å². The van der Waals surface area contributed by atoms with Crippen molar-refractivity contribution in [1.29, 1.82) is 0 Å². The minimum Gasteiger partial charge on any atom is -0.496 e. The van der Waals surface area contributed by atoms with Gasteiger partial charge in [0.05, 0.1) is 41.9 Å². The Kier molecular flexibility index (Phi) is 7.08. The molecule has 26 heavy (non-hydrogen) atoms. The fourth-order valence-corrected chi connectivity index (χ4v) is 3.47. The number of esters is 1. The summed E-state index contributed by atoms with van der Waals surface area (Å²) in [5.41, 5.74) is 2.13. The van der Waals surface area contributed by atoms with Gasteiger partial charge in [0, 0.05) is 23.7 Å². The molecule has 0 bridgehead atoms. The highest BCUT2D eigenvalue weighted by Gasteiger charge is 2.23. The second-order valence-corrected chi connectivity index (χ2v) is 7.37. The number of carbonyl (C=O) groups excluding carboxylic acids is 1. The summed E-state index contributed by atoms with van der Waals surface area (Å²) in [7, 11) is 1.58. The van der Waals surface area contributed by atoms with Crippen LogP contribution in [-0.4, -0.2) is 48.1 Å². The minimum atomic E-state index is -0.581. The van der Waals surface area contributed by atoms with Crippen molar-refractivity contribution in [2.75, 3.05) is 20.3 Å². The maximum absolute atomic E-state index is 12.5. The zero-order valence-electron chi connectivity index (χ0n) is 15.9. The van der Waals surface area contributed by atoms with Crippen LogP contribution in [-0.2, 0) is 11.3 Å². The van der Waals surface area contributed by atoms with Gasteiger partial charge in [0.1, 0.15) is 5.75 Å². The lowest BCUT2D eigenvalue weighted by atomic mass is 10.1. The standard InChI is InChI=1S/C19H27BrN2O4/c1-6-26-19(24)18-12(4)22(10-13(23)9-21-11(2)3)16-8-15(20)17(25-5)7-14(16)18/h7-8,11,13,21,23H,6,9-10H2,1-5H3/t13-/m0/s1. The highest BCUT2D eigenvalue weighted by molar-refractivity contribution is 9.10. The van der Waals surface area contributed by atoms with E-state index in [2.05, 4.69) is 21.2 Å². The van der Waals surface area contributed by atoms with Crippen LogP contribution in [0.3, 0.4) is 0 Å². The number of methoxy groups -OCH3 is 1. The molecule has 0 aliphatic heterocycles. The van der Waals surface area contributed by atoms with Crippen LogP contribution in [0, 0.1) is 6.92 Å². The molecule has 0 fully saturated rings. The van der Waals surface area contributed by atoms with Crippen LogP contribution < -0.4 is 10.1 Å². The minimum absolute atomic E-state index is 0.292. The lowest BCUT2D eigenvalue weighted by molar-refractivity contribution is 0.0527. The van der Waals surface area contributed by atoms with E-state index in [1.807, 2.05) is 37.5 Å². The number of hydrogen-bond donors (Lipinski definition) is 2. The Labute approximate surface area is 162 Å². The quantitative estimate of drug-likeness (QED) is 0.633. The fourth-order valence-electron chi connectivity index (χ4n) is 2.98. The second kappa shape index (κ2) is 8.88. The average Bonchev–Trinajstić information content (AvgIpc) is 2.84. The van der Waals surface area contributed by atoms with Gasteiger partial charge in [-0.15, -0.1) is 0 Å². The van der Waals surface area contributed by atoms with Crippen LogP contribution >= 0.6 is 15.9 Å². The van der Waals surface area contributed by atoms with E-state index in [0.29, 0.717) is 37.1 Å². The summed E-state index contributed by atoms with van der Waals surface area (Å²) in [4.78, 5) is 12.5. The first-order valence-corrected chi connectivity index (χ1v) is 9.54. The molecule has 2 N–H and O–H groups in total. The molecule has 2 rings (SSSR count). The predicted octanol–water partition coefficient (Wildman–Crippen LogP) is 3.26. The zero-order valence-corrected chi connectivity index (χ0v) is 17.5. The van der Waals surface area contributed by atoms with Crippen molar-refractivity contribution in [3.8, 4) is 5.75 Å². The smallest absolute Gasteiger partial charge is 0.340 e. The highest BCUT2D eigenvalue weighted by atomic mass is 79.9. The van der Waals surface area contributed by atoms with Crippen LogP contribution in [0.25, 0.3) is 10.9 Å². The number of carbonyl (C=O) groups is 1. The molecule has 2 aromatic rings. The van der Waals surface area contributed by atoms with E-state index in [1.165, 1.54) is 0 Å². The normalized spacial score (nSPS) is 12.6. The molecule has 7 heteroatoms. The first-order valence-electron chi connectivity index (χ1n) is 8.75. The highest BCUT2D eigenvalue weighted by Crippen LogP contribution is 2.35. The van der Waals surface area contributed by atoms with Crippen molar-refractivity contribution in [1.82, 2.24) is 9.88 Å². The molecule has 1 heterocycles. The number of ether oxygens (including phenoxy) is 2. The molecule has 6 nitrogen and oxygen atoms in total. The fraction of sp³-hybridized carbons (Fsp3) is 0.526. The van der Waals surface area contributed by atoms with E-state index in [9.17, 15) is 9.90 Å². The Balaban J connectivity index is 2.53. The second-order valence-electron chi connectivity index (χ2n) is 6.51. The number of nitrogens with one attached hydrogen (secondary N) is 1. The number of nitrogens with zero attached hydrogens (tertiary/aromatic N) is 1. The van der Waals surface area contributed by atoms with Crippen molar-refractivity contribution >= 4 is 32.8 Å². The van der Waals surface area contributed by atoms with E-state index in [1.54, 1.807) is 14.0 Å². The van der Waals surface area contributed by atoms with Crippen molar-refractivity contribution in [2.45, 2.75) is 46.4 Å². The maximum atomic E-state index is 12.5. The number of aromatic nitrogens is 1. The molecule has 1 aromatic heterocycles. The van der Waals surface area contributed by atoms with Gasteiger partial charge in [-0.25, -0.2) is 4.79 Å². The summed E-state index contributed by atoms with van der Waals surface area (Å²) < 4.78 is 13.4.